The summed E-state index contributed by atoms with van der Waals surface area (Å²) >= 11 is 0. The number of carbonyl (C=O) groups is 2. The van der Waals surface area contributed by atoms with Crippen molar-refractivity contribution in [1.29, 1.82) is 5.41 Å². The molecule has 3 aromatic rings. The van der Waals surface area contributed by atoms with Gasteiger partial charge in [0.05, 0.1) is 11.4 Å². The molecule has 0 aromatic heterocycles. The maximum atomic E-state index is 13.5. The van der Waals surface area contributed by atoms with Crippen LogP contribution in [0.5, 0.6) is 0 Å². The molecule has 3 aromatic carbocycles. The topological polar surface area (TPSA) is 137 Å². The van der Waals surface area contributed by atoms with Gasteiger partial charge in [0.25, 0.3) is 0 Å². The Balaban J connectivity index is 1.56. The van der Waals surface area contributed by atoms with Gasteiger partial charge >= 0.3 is 0 Å². The Morgan fingerprint density at radius 2 is 1.59 bits per heavy atom. The monoisotopic (exact) mass is 521 g/mol. The summed E-state index contributed by atoms with van der Waals surface area (Å²) in [5.74, 6) is -1.69. The van der Waals surface area contributed by atoms with Gasteiger partial charge in [-0.05, 0) is 47.7 Å². The minimum absolute atomic E-state index is 0.0126. The molecule has 0 saturated carbocycles. The predicted octanol–water partition coefficient (Wildman–Crippen LogP) is 2.46. The summed E-state index contributed by atoms with van der Waals surface area (Å²) in [6, 6.07) is 20.2. The van der Waals surface area contributed by atoms with Gasteiger partial charge in [-0.25, -0.2) is 13.1 Å². The second-order valence-corrected chi connectivity index (χ2v) is 10.8. The van der Waals surface area contributed by atoms with E-state index in [-0.39, 0.29) is 17.2 Å². The average Bonchev–Trinajstić information content (AvgIpc) is 2.92. The second kappa shape index (κ2) is 11.5. The number of benzene rings is 3. The third-order valence-electron chi connectivity index (χ3n) is 6.51. The molecule has 0 unspecified atom stereocenters. The first kappa shape index (κ1) is 26.3. The number of rotatable bonds is 8. The number of nitrogens with zero attached hydrogens (tertiary/aromatic N) is 2. The summed E-state index contributed by atoms with van der Waals surface area (Å²) < 4.78 is 28.3. The van der Waals surface area contributed by atoms with Crippen molar-refractivity contribution in [1.82, 2.24) is 14.5 Å². The van der Waals surface area contributed by atoms with E-state index in [1.54, 1.807) is 17.0 Å². The van der Waals surface area contributed by atoms with Crippen LogP contribution < -0.4 is 10.5 Å². The number of hydrogen-bond acceptors (Lipinski definition) is 5. The lowest BCUT2D eigenvalue weighted by molar-refractivity contribution is -0.142. The summed E-state index contributed by atoms with van der Waals surface area (Å²) in [6.45, 7) is 0.491. The Kier molecular flexibility index (Phi) is 8.20. The third kappa shape index (κ3) is 6.33. The number of piperidine rings is 1. The van der Waals surface area contributed by atoms with Crippen LogP contribution in [0.4, 0.5) is 0 Å². The SMILES string of the molecule is N=C(N)N(C(=O)CNS(=O)(=O)c1ccc2ccccc2c1)[C@@H](Cc1ccccc1)C(=O)N1CCCCC1. The smallest absolute Gasteiger partial charge is 0.246 e. The summed E-state index contributed by atoms with van der Waals surface area (Å²) in [4.78, 5) is 29.5. The van der Waals surface area contributed by atoms with Crippen LogP contribution in [-0.4, -0.2) is 61.7 Å². The van der Waals surface area contributed by atoms with Gasteiger partial charge in [0.1, 0.15) is 6.04 Å². The van der Waals surface area contributed by atoms with Crippen molar-refractivity contribution in [2.24, 2.45) is 5.73 Å². The first-order valence-corrected chi connectivity index (χ1v) is 13.7. The highest BCUT2D eigenvalue weighted by atomic mass is 32.2. The van der Waals surface area contributed by atoms with Crippen LogP contribution in [0.15, 0.2) is 77.7 Å². The number of hydrogen-bond donors (Lipinski definition) is 3. The van der Waals surface area contributed by atoms with E-state index >= 15 is 0 Å². The molecule has 4 N–H and O–H groups in total. The highest BCUT2D eigenvalue weighted by Gasteiger charge is 2.35. The molecule has 4 rings (SSSR count). The first-order chi connectivity index (χ1) is 17.8. The normalized spacial score (nSPS) is 14.8. The highest BCUT2D eigenvalue weighted by Crippen LogP contribution is 2.20. The lowest BCUT2D eigenvalue weighted by Crippen LogP contribution is -2.58. The molecular weight excluding hydrogens is 490 g/mol. The van der Waals surface area contributed by atoms with Gasteiger partial charge in [0.2, 0.25) is 21.8 Å². The van der Waals surface area contributed by atoms with Gasteiger partial charge in [0.15, 0.2) is 5.96 Å². The van der Waals surface area contributed by atoms with Crippen LogP contribution in [-0.2, 0) is 26.0 Å². The highest BCUT2D eigenvalue weighted by molar-refractivity contribution is 7.89. The number of nitrogens with one attached hydrogen (secondary N) is 2. The molecule has 0 aliphatic carbocycles. The Morgan fingerprint density at radius 1 is 0.946 bits per heavy atom. The van der Waals surface area contributed by atoms with Crippen molar-refractivity contribution in [2.75, 3.05) is 19.6 Å². The van der Waals surface area contributed by atoms with E-state index in [0.29, 0.717) is 13.1 Å². The molecular formula is C27H31N5O4S. The second-order valence-electron chi connectivity index (χ2n) is 9.07. The zero-order valence-electron chi connectivity index (χ0n) is 20.5. The Hall–Kier alpha value is -3.76. The van der Waals surface area contributed by atoms with E-state index < -0.39 is 34.5 Å². The number of amides is 2. The minimum atomic E-state index is -4.04. The molecule has 0 radical (unpaired) electrons. The molecule has 9 nitrogen and oxygen atoms in total. The van der Waals surface area contributed by atoms with Gasteiger partial charge < -0.3 is 10.6 Å². The van der Waals surface area contributed by atoms with E-state index in [1.165, 1.54) is 12.1 Å². The molecule has 1 heterocycles. The van der Waals surface area contributed by atoms with Gasteiger partial charge in [-0.1, -0.05) is 60.7 Å². The Bertz CT molecular complexity index is 1390. The Morgan fingerprint density at radius 3 is 2.27 bits per heavy atom. The van der Waals surface area contributed by atoms with Crippen LogP contribution >= 0.6 is 0 Å². The fourth-order valence-corrected chi connectivity index (χ4v) is 5.60. The van der Waals surface area contributed by atoms with E-state index in [4.69, 9.17) is 11.1 Å². The summed E-state index contributed by atoms with van der Waals surface area (Å²) in [5.41, 5.74) is 6.61. The van der Waals surface area contributed by atoms with E-state index in [9.17, 15) is 18.0 Å². The predicted molar refractivity (Wildman–Crippen MR) is 142 cm³/mol. The fourth-order valence-electron chi connectivity index (χ4n) is 4.59. The zero-order valence-corrected chi connectivity index (χ0v) is 21.3. The number of carbonyl (C=O) groups excluding carboxylic acids is 2. The van der Waals surface area contributed by atoms with Crippen molar-refractivity contribution >= 4 is 38.6 Å². The van der Waals surface area contributed by atoms with Crippen molar-refractivity contribution in [3.8, 4) is 0 Å². The van der Waals surface area contributed by atoms with Gasteiger partial charge in [-0.15, -0.1) is 0 Å². The van der Waals surface area contributed by atoms with E-state index in [1.807, 2.05) is 48.5 Å². The van der Waals surface area contributed by atoms with Crippen LogP contribution in [0.2, 0.25) is 0 Å². The number of fused-ring (bicyclic) bond motifs is 1. The summed E-state index contributed by atoms with van der Waals surface area (Å²) in [5, 5.41) is 9.75. The summed E-state index contributed by atoms with van der Waals surface area (Å²) in [7, 11) is -4.04. The zero-order chi connectivity index (χ0) is 26.4. The molecule has 1 aliphatic heterocycles. The van der Waals surface area contributed by atoms with Gasteiger partial charge in [-0.3, -0.25) is 19.9 Å². The van der Waals surface area contributed by atoms with Crippen LogP contribution in [0, 0.1) is 5.41 Å². The van der Waals surface area contributed by atoms with Gasteiger partial charge in [0, 0.05) is 19.5 Å². The molecule has 1 aliphatic rings. The summed E-state index contributed by atoms with van der Waals surface area (Å²) in [6.07, 6.45) is 2.91. The molecule has 10 heteroatoms. The van der Waals surface area contributed by atoms with E-state index in [2.05, 4.69) is 4.72 Å². The molecule has 1 atom stereocenters. The molecule has 1 saturated heterocycles. The molecule has 37 heavy (non-hydrogen) atoms. The number of nitrogens with two attached hydrogens (primary N) is 1. The molecule has 0 bridgehead atoms. The lowest BCUT2D eigenvalue weighted by Gasteiger charge is -2.35. The molecule has 194 valence electrons. The molecule has 1 fully saturated rings. The van der Waals surface area contributed by atoms with Crippen LogP contribution in [0.3, 0.4) is 0 Å². The quantitative estimate of drug-likeness (QED) is 0.309. The standard InChI is InChI=1S/C27H31N5O4S/c28-27(29)32(24(17-20-9-3-1-4-10-20)26(34)31-15-7-2-8-16-31)25(33)19-30-37(35,36)23-14-13-21-11-5-6-12-22(21)18-23/h1,3-6,9-14,18,24,30H,2,7-8,15-17,19H2,(H3,28,29)/t24-/m0/s1. The molecule has 2 amide bonds. The number of guanidine groups is 1. The van der Waals surface area contributed by atoms with Crippen LogP contribution in [0.1, 0.15) is 24.8 Å². The largest absolute Gasteiger partial charge is 0.370 e. The van der Waals surface area contributed by atoms with Crippen molar-refractivity contribution < 1.29 is 18.0 Å². The fraction of sp³-hybridized carbons (Fsp3) is 0.296. The molecule has 0 spiro atoms. The first-order valence-electron chi connectivity index (χ1n) is 12.2. The lowest BCUT2D eigenvalue weighted by atomic mass is 10.0. The Labute approximate surface area is 216 Å². The third-order valence-corrected chi connectivity index (χ3v) is 7.91. The number of sulfonamides is 1. The average molecular weight is 522 g/mol. The van der Waals surface area contributed by atoms with Crippen molar-refractivity contribution in [3.05, 3.63) is 78.4 Å². The minimum Gasteiger partial charge on any atom is -0.370 e. The van der Waals surface area contributed by atoms with E-state index in [0.717, 1.165) is 40.5 Å². The maximum absolute atomic E-state index is 13.5. The van der Waals surface area contributed by atoms with Gasteiger partial charge in [-0.2, -0.15) is 0 Å². The van der Waals surface area contributed by atoms with Crippen LogP contribution in [0.25, 0.3) is 10.8 Å². The number of likely N-dealkylation sites (tertiary alicyclic amines) is 1. The van der Waals surface area contributed by atoms with Crippen molar-refractivity contribution in [2.45, 2.75) is 36.6 Å². The van der Waals surface area contributed by atoms with Crippen molar-refractivity contribution in [3.63, 3.8) is 0 Å². The maximum Gasteiger partial charge on any atom is 0.246 e.